The van der Waals surface area contributed by atoms with E-state index in [9.17, 15) is 13.2 Å². The average molecular weight is 313 g/mol. The van der Waals surface area contributed by atoms with E-state index in [1.807, 2.05) is 0 Å². The zero-order valence-corrected chi connectivity index (χ0v) is 11.2. The highest BCUT2D eigenvalue weighted by Gasteiger charge is 2.32. The number of fused-ring (bicyclic) bond motifs is 1. The second-order valence-electron chi connectivity index (χ2n) is 4.41. The van der Waals surface area contributed by atoms with Gasteiger partial charge in [0.1, 0.15) is 0 Å². The summed E-state index contributed by atoms with van der Waals surface area (Å²) in [5.74, 6) is 0.262. The number of hydrogen-bond donors (Lipinski definition) is 1. The summed E-state index contributed by atoms with van der Waals surface area (Å²) >= 11 is 5.85. The molecule has 0 bridgehead atoms. The van der Waals surface area contributed by atoms with E-state index in [-0.39, 0.29) is 16.5 Å². The smallest absolute Gasteiger partial charge is 0.399 e. The maximum Gasteiger partial charge on any atom is 0.417 e. The molecule has 0 saturated carbocycles. The zero-order valence-electron chi connectivity index (χ0n) is 10.4. The van der Waals surface area contributed by atoms with Crippen LogP contribution >= 0.6 is 11.6 Å². The number of pyridine rings is 1. The van der Waals surface area contributed by atoms with Gasteiger partial charge in [-0.15, -0.1) is 10.2 Å². The number of nitrogen functional groups attached to an aromatic ring is 1. The van der Waals surface area contributed by atoms with E-state index in [0.717, 1.165) is 12.3 Å². The molecule has 108 valence electrons. The largest absolute Gasteiger partial charge is 0.417 e. The average Bonchev–Trinajstić information content (AvgIpc) is 2.83. The third-order valence-corrected chi connectivity index (χ3v) is 3.23. The Labute approximate surface area is 122 Å². The van der Waals surface area contributed by atoms with Crippen LogP contribution in [0.15, 0.2) is 36.5 Å². The standard InChI is InChI=1S/C13H8ClF3N4/c14-10-5-8(13(15,16)17)6-21-11(19-20-12(10)21)7-1-3-9(18)4-2-7/h1-6H,18H2. The molecule has 0 saturated heterocycles. The highest BCUT2D eigenvalue weighted by atomic mass is 35.5. The molecule has 8 heteroatoms. The molecule has 2 heterocycles. The topological polar surface area (TPSA) is 56.2 Å². The van der Waals surface area contributed by atoms with Crippen LogP contribution in [-0.2, 0) is 6.18 Å². The lowest BCUT2D eigenvalue weighted by molar-refractivity contribution is -0.137. The second-order valence-corrected chi connectivity index (χ2v) is 4.82. The molecule has 4 nitrogen and oxygen atoms in total. The zero-order chi connectivity index (χ0) is 15.2. The Bertz CT molecular complexity index is 809. The number of halogens is 4. The van der Waals surface area contributed by atoms with Gasteiger partial charge in [0.25, 0.3) is 0 Å². The van der Waals surface area contributed by atoms with Crippen molar-refractivity contribution in [3.63, 3.8) is 0 Å². The van der Waals surface area contributed by atoms with Crippen LogP contribution in [0.5, 0.6) is 0 Å². The Morgan fingerprint density at radius 3 is 2.38 bits per heavy atom. The molecule has 1 aromatic carbocycles. The Hall–Kier alpha value is -2.28. The SMILES string of the molecule is Nc1ccc(-c2nnc3c(Cl)cc(C(F)(F)F)cn23)cc1. The van der Waals surface area contributed by atoms with Crippen LogP contribution in [0.2, 0.25) is 5.02 Å². The quantitative estimate of drug-likeness (QED) is 0.698. The van der Waals surface area contributed by atoms with Gasteiger partial charge < -0.3 is 5.73 Å². The number of nitrogens with zero attached hydrogens (tertiary/aromatic N) is 3. The summed E-state index contributed by atoms with van der Waals surface area (Å²) in [6, 6.07) is 7.40. The predicted molar refractivity (Wildman–Crippen MR) is 72.8 cm³/mol. The highest BCUT2D eigenvalue weighted by molar-refractivity contribution is 6.33. The van der Waals surface area contributed by atoms with Crippen LogP contribution in [0.1, 0.15) is 5.56 Å². The van der Waals surface area contributed by atoms with Gasteiger partial charge in [0.2, 0.25) is 0 Å². The Morgan fingerprint density at radius 2 is 1.76 bits per heavy atom. The van der Waals surface area contributed by atoms with Gasteiger partial charge in [0.05, 0.1) is 10.6 Å². The molecule has 0 amide bonds. The molecule has 3 rings (SSSR count). The van der Waals surface area contributed by atoms with E-state index in [1.54, 1.807) is 24.3 Å². The van der Waals surface area contributed by atoms with Gasteiger partial charge in [-0.05, 0) is 30.3 Å². The summed E-state index contributed by atoms with van der Waals surface area (Å²) in [5, 5.41) is 7.61. The van der Waals surface area contributed by atoms with Gasteiger partial charge in [0, 0.05) is 17.4 Å². The van der Waals surface area contributed by atoms with Crippen molar-refractivity contribution in [3.05, 3.63) is 47.1 Å². The van der Waals surface area contributed by atoms with Crippen LogP contribution in [0.4, 0.5) is 18.9 Å². The van der Waals surface area contributed by atoms with Crippen molar-refractivity contribution in [2.75, 3.05) is 5.73 Å². The van der Waals surface area contributed by atoms with Crippen LogP contribution in [0.25, 0.3) is 17.0 Å². The molecular weight excluding hydrogens is 305 g/mol. The van der Waals surface area contributed by atoms with Gasteiger partial charge in [-0.25, -0.2) is 0 Å². The van der Waals surface area contributed by atoms with Crippen molar-refractivity contribution in [2.45, 2.75) is 6.18 Å². The van der Waals surface area contributed by atoms with E-state index in [2.05, 4.69) is 10.2 Å². The molecule has 0 unspecified atom stereocenters. The third-order valence-electron chi connectivity index (χ3n) is 2.96. The first-order chi connectivity index (χ1) is 9.86. The fourth-order valence-electron chi connectivity index (χ4n) is 1.94. The molecule has 0 aliphatic carbocycles. The van der Waals surface area contributed by atoms with E-state index in [0.29, 0.717) is 11.3 Å². The van der Waals surface area contributed by atoms with Crippen LogP contribution in [0, 0.1) is 0 Å². The van der Waals surface area contributed by atoms with E-state index < -0.39 is 11.7 Å². The maximum atomic E-state index is 12.9. The summed E-state index contributed by atoms with van der Waals surface area (Å²) in [6.45, 7) is 0. The molecule has 21 heavy (non-hydrogen) atoms. The summed E-state index contributed by atoms with van der Waals surface area (Å²) in [4.78, 5) is 0. The van der Waals surface area contributed by atoms with Crippen molar-refractivity contribution in [1.82, 2.24) is 14.6 Å². The van der Waals surface area contributed by atoms with Crippen molar-refractivity contribution in [3.8, 4) is 11.4 Å². The Balaban J connectivity index is 2.25. The molecule has 2 N–H and O–H groups in total. The number of alkyl halides is 3. The molecule has 0 spiro atoms. The number of benzene rings is 1. The fraction of sp³-hybridized carbons (Fsp3) is 0.0769. The first-order valence-electron chi connectivity index (χ1n) is 5.83. The molecule has 2 aromatic heterocycles. The molecule has 0 fully saturated rings. The second kappa shape index (κ2) is 4.63. The highest BCUT2D eigenvalue weighted by Crippen LogP contribution is 2.33. The lowest BCUT2D eigenvalue weighted by Gasteiger charge is -2.09. The van der Waals surface area contributed by atoms with Crippen LogP contribution in [0.3, 0.4) is 0 Å². The first-order valence-corrected chi connectivity index (χ1v) is 6.21. The van der Waals surface area contributed by atoms with Crippen molar-refractivity contribution in [1.29, 1.82) is 0 Å². The van der Waals surface area contributed by atoms with Crippen LogP contribution < -0.4 is 5.73 Å². The lowest BCUT2D eigenvalue weighted by Crippen LogP contribution is -2.07. The number of rotatable bonds is 1. The Morgan fingerprint density at radius 1 is 1.10 bits per heavy atom. The van der Waals surface area contributed by atoms with Crippen molar-refractivity contribution >= 4 is 22.9 Å². The van der Waals surface area contributed by atoms with Gasteiger partial charge in [-0.3, -0.25) is 4.40 Å². The minimum absolute atomic E-state index is 0.112. The summed E-state index contributed by atoms with van der Waals surface area (Å²) in [7, 11) is 0. The molecule has 0 aliphatic heterocycles. The monoisotopic (exact) mass is 312 g/mol. The minimum atomic E-state index is -4.50. The lowest BCUT2D eigenvalue weighted by atomic mass is 10.2. The normalized spacial score (nSPS) is 12.0. The van der Waals surface area contributed by atoms with E-state index in [1.165, 1.54) is 4.40 Å². The number of nitrogens with two attached hydrogens (primary N) is 1. The fourth-order valence-corrected chi connectivity index (χ4v) is 2.18. The predicted octanol–water partition coefficient (Wildman–Crippen LogP) is 3.65. The van der Waals surface area contributed by atoms with Crippen LogP contribution in [-0.4, -0.2) is 14.6 Å². The van der Waals surface area contributed by atoms with Gasteiger partial charge in [-0.2, -0.15) is 13.2 Å². The van der Waals surface area contributed by atoms with E-state index in [4.69, 9.17) is 17.3 Å². The number of aromatic nitrogens is 3. The molecule has 0 atom stereocenters. The summed E-state index contributed by atoms with van der Waals surface area (Å²) in [6.07, 6.45) is -3.58. The molecule has 0 aliphatic rings. The first kappa shape index (κ1) is 13.7. The molecule has 3 aromatic rings. The van der Waals surface area contributed by atoms with Crippen molar-refractivity contribution in [2.24, 2.45) is 0 Å². The maximum absolute atomic E-state index is 12.9. The number of anilines is 1. The molecular formula is C13H8ClF3N4. The number of hydrogen-bond acceptors (Lipinski definition) is 3. The Kier molecular flexibility index (Phi) is 3.02. The summed E-state index contributed by atoms with van der Waals surface area (Å²) in [5.41, 5.74) is 6.02. The summed E-state index contributed by atoms with van der Waals surface area (Å²) < 4.78 is 39.8. The van der Waals surface area contributed by atoms with E-state index >= 15 is 0 Å². The van der Waals surface area contributed by atoms with Gasteiger partial charge in [0.15, 0.2) is 11.5 Å². The van der Waals surface area contributed by atoms with Crippen molar-refractivity contribution < 1.29 is 13.2 Å². The molecule has 0 radical (unpaired) electrons. The minimum Gasteiger partial charge on any atom is -0.399 e. The van der Waals surface area contributed by atoms with Gasteiger partial charge >= 0.3 is 6.18 Å². The van der Waals surface area contributed by atoms with Gasteiger partial charge in [-0.1, -0.05) is 11.6 Å². The third kappa shape index (κ3) is 2.40.